The lowest BCUT2D eigenvalue weighted by molar-refractivity contribution is -0.139. The number of piperidine rings is 2. The molecule has 0 radical (unpaired) electrons. The minimum absolute atomic E-state index is 0.0707. The van der Waals surface area contributed by atoms with Crippen LogP contribution in [-0.4, -0.2) is 56.4 Å². The molecule has 0 saturated carbocycles. The van der Waals surface area contributed by atoms with Gasteiger partial charge < -0.3 is 14.3 Å². The summed E-state index contributed by atoms with van der Waals surface area (Å²) < 4.78 is 5.06. The Labute approximate surface area is 163 Å². The van der Waals surface area contributed by atoms with Gasteiger partial charge in [-0.2, -0.15) is 0 Å². The normalized spacial score (nSPS) is 22.7. The first kappa shape index (κ1) is 18.6. The van der Waals surface area contributed by atoms with Gasteiger partial charge in [0.05, 0.1) is 24.1 Å². The van der Waals surface area contributed by atoms with Crippen molar-refractivity contribution < 1.29 is 14.1 Å². The molecule has 8 nitrogen and oxygen atoms in total. The van der Waals surface area contributed by atoms with Gasteiger partial charge >= 0.3 is 0 Å². The number of nitrogens with zero attached hydrogens (tertiary/aromatic N) is 5. The summed E-state index contributed by atoms with van der Waals surface area (Å²) >= 11 is 0. The molecule has 4 heterocycles. The molecule has 2 aromatic rings. The van der Waals surface area contributed by atoms with E-state index >= 15 is 0 Å². The number of carbonyl (C=O) groups is 2. The van der Waals surface area contributed by atoms with Crippen molar-refractivity contribution in [3.05, 3.63) is 41.3 Å². The van der Waals surface area contributed by atoms with Crippen LogP contribution < -0.4 is 0 Å². The van der Waals surface area contributed by atoms with E-state index in [1.807, 2.05) is 16.7 Å². The van der Waals surface area contributed by atoms with Crippen molar-refractivity contribution in [2.45, 2.75) is 46.1 Å². The molecule has 2 aliphatic heterocycles. The molecule has 0 aliphatic carbocycles. The Morgan fingerprint density at radius 1 is 1.21 bits per heavy atom. The Bertz CT molecular complexity index is 878. The Hall–Kier alpha value is -2.77. The third kappa shape index (κ3) is 3.76. The van der Waals surface area contributed by atoms with Gasteiger partial charge in [0.15, 0.2) is 5.69 Å². The maximum atomic E-state index is 12.8. The van der Waals surface area contributed by atoms with Gasteiger partial charge in [-0.1, -0.05) is 5.16 Å². The van der Waals surface area contributed by atoms with Gasteiger partial charge in [0.25, 0.3) is 5.91 Å². The third-order valence-electron chi connectivity index (χ3n) is 5.73. The van der Waals surface area contributed by atoms with Crippen molar-refractivity contribution >= 4 is 11.8 Å². The number of hydrogen-bond donors (Lipinski definition) is 0. The largest absolute Gasteiger partial charge is 0.361 e. The summed E-state index contributed by atoms with van der Waals surface area (Å²) in [7, 11) is 0. The highest BCUT2D eigenvalue weighted by Crippen LogP contribution is 2.39. The van der Waals surface area contributed by atoms with Crippen molar-refractivity contribution in [1.82, 2.24) is 24.9 Å². The Morgan fingerprint density at radius 3 is 2.79 bits per heavy atom. The lowest BCUT2D eigenvalue weighted by Crippen LogP contribution is -2.54. The summed E-state index contributed by atoms with van der Waals surface area (Å²) in [6.07, 6.45) is 6.70. The van der Waals surface area contributed by atoms with Crippen LogP contribution in [0.25, 0.3) is 0 Å². The second-order valence-corrected chi connectivity index (χ2v) is 8.05. The minimum Gasteiger partial charge on any atom is -0.361 e. The topological polar surface area (TPSA) is 92.4 Å². The molecule has 1 spiro atoms. The molecular weight excluding hydrogens is 358 g/mol. The number of aromatic nitrogens is 3. The highest BCUT2D eigenvalue weighted by atomic mass is 16.5. The van der Waals surface area contributed by atoms with Crippen molar-refractivity contribution in [1.29, 1.82) is 0 Å². The molecule has 2 amide bonds. The van der Waals surface area contributed by atoms with Gasteiger partial charge in [-0.25, -0.2) is 0 Å². The lowest BCUT2D eigenvalue weighted by Gasteiger charge is -2.48. The summed E-state index contributed by atoms with van der Waals surface area (Å²) in [6, 6.07) is 1.68. The van der Waals surface area contributed by atoms with Crippen molar-refractivity contribution in [2.24, 2.45) is 5.41 Å². The minimum atomic E-state index is -0.0937. The summed E-state index contributed by atoms with van der Waals surface area (Å²) in [6.45, 7) is 6.13. The van der Waals surface area contributed by atoms with E-state index in [4.69, 9.17) is 4.52 Å². The van der Waals surface area contributed by atoms with Gasteiger partial charge in [0, 0.05) is 43.7 Å². The first-order valence-corrected chi connectivity index (χ1v) is 9.72. The molecule has 1 atom stereocenters. The Balaban J connectivity index is 1.47. The van der Waals surface area contributed by atoms with Crippen LogP contribution in [0.5, 0.6) is 0 Å². The predicted octanol–water partition coefficient (Wildman–Crippen LogP) is 2.13. The maximum Gasteiger partial charge on any atom is 0.276 e. The highest BCUT2D eigenvalue weighted by molar-refractivity contribution is 5.92. The fourth-order valence-corrected chi connectivity index (χ4v) is 4.29. The first-order chi connectivity index (χ1) is 13.4. The second kappa shape index (κ2) is 7.33. The average molecular weight is 383 g/mol. The molecule has 2 aromatic heterocycles. The SMILES string of the molecule is Cc1cnc(CN2CC3(CCCN(C(=O)c4cc(C)on4)C3)CCC2=O)cn1. The average Bonchev–Trinajstić information content (AvgIpc) is 3.13. The van der Waals surface area contributed by atoms with Crippen molar-refractivity contribution in [3.63, 3.8) is 0 Å². The van der Waals surface area contributed by atoms with E-state index in [1.165, 1.54) is 0 Å². The summed E-state index contributed by atoms with van der Waals surface area (Å²) in [4.78, 5) is 37.7. The molecule has 0 bridgehead atoms. The maximum absolute atomic E-state index is 12.8. The van der Waals surface area contributed by atoms with E-state index in [-0.39, 0.29) is 17.2 Å². The van der Waals surface area contributed by atoms with Crippen LogP contribution in [0.1, 0.15) is 53.3 Å². The molecule has 2 aliphatic rings. The molecule has 28 heavy (non-hydrogen) atoms. The molecule has 148 valence electrons. The van der Waals surface area contributed by atoms with Crippen LogP contribution in [0.3, 0.4) is 0 Å². The summed E-state index contributed by atoms with van der Waals surface area (Å²) in [5.41, 5.74) is 1.93. The van der Waals surface area contributed by atoms with Gasteiger partial charge in [-0.15, -0.1) is 0 Å². The van der Waals surface area contributed by atoms with Crippen LogP contribution >= 0.6 is 0 Å². The number of aryl methyl sites for hydroxylation is 2. The number of hydrogen-bond acceptors (Lipinski definition) is 6. The van der Waals surface area contributed by atoms with Crippen LogP contribution in [-0.2, 0) is 11.3 Å². The fraction of sp³-hybridized carbons (Fsp3) is 0.550. The van der Waals surface area contributed by atoms with Crippen LogP contribution in [0.4, 0.5) is 0 Å². The standard InChI is InChI=1S/C20H25N5O3/c1-14-9-22-16(10-21-14)11-25-13-20(6-4-18(25)26)5-3-7-24(12-20)19(27)17-8-15(2)28-23-17/h8-10H,3-7,11-13H2,1-2H3. The van der Waals surface area contributed by atoms with Gasteiger partial charge in [-0.05, 0) is 33.1 Å². The molecule has 0 N–H and O–H groups in total. The molecular formula is C20H25N5O3. The number of rotatable bonds is 3. The smallest absolute Gasteiger partial charge is 0.276 e. The Kier molecular flexibility index (Phi) is 4.87. The van der Waals surface area contributed by atoms with Gasteiger partial charge in [0.1, 0.15) is 5.76 Å². The monoisotopic (exact) mass is 383 g/mol. The molecule has 4 rings (SSSR count). The third-order valence-corrected chi connectivity index (χ3v) is 5.73. The lowest BCUT2D eigenvalue weighted by atomic mass is 9.73. The molecule has 2 saturated heterocycles. The van der Waals surface area contributed by atoms with Crippen LogP contribution in [0, 0.1) is 19.3 Å². The zero-order chi connectivity index (χ0) is 19.7. The first-order valence-electron chi connectivity index (χ1n) is 9.72. The van der Waals surface area contributed by atoms with E-state index < -0.39 is 0 Å². The number of amides is 2. The molecule has 1 unspecified atom stereocenters. The summed E-state index contributed by atoms with van der Waals surface area (Å²) in [5, 5.41) is 3.87. The molecule has 0 aromatic carbocycles. The Morgan fingerprint density at radius 2 is 2.07 bits per heavy atom. The number of carbonyl (C=O) groups excluding carboxylic acids is 2. The highest BCUT2D eigenvalue weighted by Gasteiger charge is 2.43. The van der Waals surface area contributed by atoms with E-state index in [0.29, 0.717) is 44.1 Å². The zero-order valence-corrected chi connectivity index (χ0v) is 16.3. The fourth-order valence-electron chi connectivity index (χ4n) is 4.29. The van der Waals surface area contributed by atoms with E-state index in [0.717, 1.165) is 30.7 Å². The number of likely N-dealkylation sites (tertiary alicyclic amines) is 2. The predicted molar refractivity (Wildman–Crippen MR) is 100 cm³/mol. The van der Waals surface area contributed by atoms with E-state index in [9.17, 15) is 9.59 Å². The van der Waals surface area contributed by atoms with Crippen LogP contribution in [0.15, 0.2) is 23.0 Å². The van der Waals surface area contributed by atoms with Crippen LogP contribution in [0.2, 0.25) is 0 Å². The molecule has 8 heteroatoms. The van der Waals surface area contributed by atoms with E-state index in [2.05, 4.69) is 15.1 Å². The van der Waals surface area contributed by atoms with Gasteiger partial charge in [-0.3, -0.25) is 19.6 Å². The van der Waals surface area contributed by atoms with E-state index in [1.54, 1.807) is 25.4 Å². The quantitative estimate of drug-likeness (QED) is 0.806. The van der Waals surface area contributed by atoms with Gasteiger partial charge in [0.2, 0.25) is 5.91 Å². The second-order valence-electron chi connectivity index (χ2n) is 8.05. The van der Waals surface area contributed by atoms with Crippen molar-refractivity contribution in [2.75, 3.05) is 19.6 Å². The molecule has 2 fully saturated rings. The zero-order valence-electron chi connectivity index (χ0n) is 16.3. The summed E-state index contributed by atoms with van der Waals surface area (Å²) in [5.74, 6) is 0.677. The van der Waals surface area contributed by atoms with Crippen molar-refractivity contribution in [3.8, 4) is 0 Å².